The van der Waals surface area contributed by atoms with E-state index in [0.29, 0.717) is 11.6 Å². The first-order chi connectivity index (χ1) is 10.1. The van der Waals surface area contributed by atoms with Crippen molar-refractivity contribution in [3.8, 4) is 16.9 Å². The highest BCUT2D eigenvalue weighted by Crippen LogP contribution is 2.23. The molecular weight excluding hydrogens is 284 g/mol. The first-order valence-electron chi connectivity index (χ1n) is 6.75. The summed E-state index contributed by atoms with van der Waals surface area (Å²) in [4.78, 5) is 2.07. The number of ether oxygens (including phenoxy) is 1. The predicted octanol–water partition coefficient (Wildman–Crippen LogP) is 2.18. The van der Waals surface area contributed by atoms with E-state index in [1.54, 1.807) is 0 Å². The molecule has 2 aromatic carbocycles. The average molecular weight is 303 g/mol. The third-order valence-electron chi connectivity index (χ3n) is 3.13. The summed E-state index contributed by atoms with van der Waals surface area (Å²) in [5.74, 6) is 0.785. The van der Waals surface area contributed by atoms with Crippen LogP contribution in [0.15, 0.2) is 42.5 Å². The fourth-order valence-electron chi connectivity index (χ4n) is 1.96. The van der Waals surface area contributed by atoms with Crippen LogP contribution in [0.3, 0.4) is 0 Å². The Hall–Kier alpha value is -1.49. The molecule has 21 heavy (non-hydrogen) atoms. The van der Waals surface area contributed by atoms with Crippen molar-refractivity contribution in [3.05, 3.63) is 47.5 Å². The Morgan fingerprint density at radius 3 is 2.48 bits per heavy atom. The molecule has 0 spiro atoms. The summed E-state index contributed by atoms with van der Waals surface area (Å²) in [5.41, 5.74) is 2.64. The van der Waals surface area contributed by atoms with E-state index in [4.69, 9.17) is 16.3 Å². The van der Waals surface area contributed by atoms with Gasteiger partial charge in [-0.1, -0.05) is 29.8 Å². The summed E-state index contributed by atoms with van der Waals surface area (Å²) in [6.07, 6.45) is 0. The lowest BCUT2D eigenvalue weighted by Crippen LogP contribution is -2.20. The van der Waals surface area contributed by atoms with Gasteiger partial charge in [0.1, 0.15) is 12.4 Å². The molecule has 0 saturated carbocycles. The van der Waals surface area contributed by atoms with Gasteiger partial charge < -0.3 is 14.7 Å². The molecular formula is C16H18BClNO2. The Bertz CT molecular complexity index is 587. The van der Waals surface area contributed by atoms with E-state index in [9.17, 15) is 5.02 Å². The van der Waals surface area contributed by atoms with E-state index in [1.807, 2.05) is 56.6 Å². The van der Waals surface area contributed by atoms with Crippen LogP contribution in [0.25, 0.3) is 11.1 Å². The van der Waals surface area contributed by atoms with E-state index in [2.05, 4.69) is 4.90 Å². The standard InChI is InChI=1S/C16H18BClNO2/c1-19(2)9-10-21-14-7-8-16(17-20)15(11-14)12-3-5-13(18)6-4-12/h3-8,11,20H,9-10H2,1-2H3. The molecule has 109 valence electrons. The molecule has 0 aromatic heterocycles. The number of hydrogen-bond acceptors (Lipinski definition) is 3. The maximum absolute atomic E-state index is 9.38. The Kier molecular flexibility index (Phi) is 5.68. The number of benzene rings is 2. The van der Waals surface area contributed by atoms with E-state index in [0.717, 1.165) is 36.4 Å². The van der Waals surface area contributed by atoms with Gasteiger partial charge in [-0.15, -0.1) is 0 Å². The smallest absolute Gasteiger partial charge is 0.327 e. The Morgan fingerprint density at radius 1 is 1.14 bits per heavy atom. The van der Waals surface area contributed by atoms with Crippen LogP contribution in [-0.2, 0) is 0 Å². The third kappa shape index (κ3) is 4.50. The topological polar surface area (TPSA) is 32.7 Å². The summed E-state index contributed by atoms with van der Waals surface area (Å²) in [7, 11) is 5.12. The van der Waals surface area contributed by atoms with Gasteiger partial charge in [0.2, 0.25) is 0 Å². The van der Waals surface area contributed by atoms with Gasteiger partial charge in [0.25, 0.3) is 0 Å². The number of rotatable bonds is 6. The largest absolute Gasteiger partial charge is 0.492 e. The Morgan fingerprint density at radius 2 is 1.86 bits per heavy atom. The summed E-state index contributed by atoms with van der Waals surface area (Å²) in [5, 5.41) is 10.1. The van der Waals surface area contributed by atoms with Crippen LogP contribution in [0.1, 0.15) is 0 Å². The zero-order valence-corrected chi connectivity index (χ0v) is 13.0. The van der Waals surface area contributed by atoms with Crippen molar-refractivity contribution < 1.29 is 9.76 Å². The Labute approximate surface area is 131 Å². The molecule has 0 fully saturated rings. The van der Waals surface area contributed by atoms with Gasteiger partial charge in [-0.3, -0.25) is 0 Å². The lowest BCUT2D eigenvalue weighted by atomic mass is 9.82. The summed E-state index contributed by atoms with van der Waals surface area (Å²) >= 11 is 5.92. The highest BCUT2D eigenvalue weighted by atomic mass is 35.5. The molecule has 2 aromatic rings. The first kappa shape index (κ1) is 15.9. The normalized spacial score (nSPS) is 10.7. The second kappa shape index (κ2) is 7.50. The van der Waals surface area contributed by atoms with E-state index >= 15 is 0 Å². The lowest BCUT2D eigenvalue weighted by Gasteiger charge is -2.13. The van der Waals surface area contributed by atoms with E-state index in [-0.39, 0.29) is 0 Å². The Balaban J connectivity index is 2.23. The van der Waals surface area contributed by atoms with Crippen molar-refractivity contribution in [3.63, 3.8) is 0 Å². The zero-order chi connectivity index (χ0) is 15.2. The molecule has 0 aliphatic carbocycles. The van der Waals surface area contributed by atoms with Gasteiger partial charge >= 0.3 is 7.48 Å². The molecule has 0 heterocycles. The highest BCUT2D eigenvalue weighted by molar-refractivity contribution is 6.48. The number of halogens is 1. The van der Waals surface area contributed by atoms with Crippen molar-refractivity contribution in [2.45, 2.75) is 0 Å². The van der Waals surface area contributed by atoms with Crippen LogP contribution < -0.4 is 10.2 Å². The van der Waals surface area contributed by atoms with Gasteiger partial charge in [0.15, 0.2) is 0 Å². The van der Waals surface area contributed by atoms with Crippen LogP contribution in [0.2, 0.25) is 5.02 Å². The van der Waals surface area contributed by atoms with Crippen molar-refractivity contribution in [1.82, 2.24) is 4.90 Å². The SMILES string of the molecule is CN(C)CCOc1ccc([B]O)c(-c2ccc(Cl)cc2)c1. The molecule has 2 rings (SSSR count). The third-order valence-corrected chi connectivity index (χ3v) is 3.38. The molecule has 0 unspecified atom stereocenters. The minimum absolute atomic E-state index is 0.620. The minimum Gasteiger partial charge on any atom is -0.492 e. The maximum Gasteiger partial charge on any atom is 0.327 e. The summed E-state index contributed by atoms with van der Waals surface area (Å²) in [6, 6.07) is 13.1. The van der Waals surface area contributed by atoms with Crippen molar-refractivity contribution >= 4 is 24.5 Å². The van der Waals surface area contributed by atoms with Crippen LogP contribution in [0.4, 0.5) is 0 Å². The van der Waals surface area contributed by atoms with Gasteiger partial charge in [0.05, 0.1) is 0 Å². The van der Waals surface area contributed by atoms with Gasteiger partial charge in [0, 0.05) is 11.6 Å². The summed E-state index contributed by atoms with van der Waals surface area (Å²) in [6.45, 7) is 1.47. The second-order valence-corrected chi connectivity index (χ2v) is 5.47. The number of nitrogens with zero attached hydrogens (tertiary/aromatic N) is 1. The van der Waals surface area contributed by atoms with Crippen LogP contribution in [-0.4, -0.2) is 44.7 Å². The lowest BCUT2D eigenvalue weighted by molar-refractivity contribution is 0.261. The van der Waals surface area contributed by atoms with Crippen LogP contribution in [0, 0.1) is 0 Å². The number of likely N-dealkylation sites (N-methyl/N-ethyl adjacent to an activating group) is 1. The molecule has 0 bridgehead atoms. The molecule has 3 nitrogen and oxygen atoms in total. The fraction of sp³-hybridized carbons (Fsp3) is 0.250. The molecule has 0 aliphatic rings. The van der Waals surface area contributed by atoms with Crippen LogP contribution in [0.5, 0.6) is 5.75 Å². The van der Waals surface area contributed by atoms with E-state index < -0.39 is 0 Å². The molecule has 0 atom stereocenters. The fourth-order valence-corrected chi connectivity index (χ4v) is 2.09. The molecule has 0 saturated heterocycles. The maximum atomic E-state index is 9.38. The number of hydrogen-bond donors (Lipinski definition) is 1. The predicted molar refractivity (Wildman–Crippen MR) is 88.5 cm³/mol. The van der Waals surface area contributed by atoms with Crippen molar-refractivity contribution in [2.75, 3.05) is 27.2 Å². The molecule has 1 N–H and O–H groups in total. The van der Waals surface area contributed by atoms with Crippen LogP contribution >= 0.6 is 11.6 Å². The van der Waals surface area contributed by atoms with Gasteiger partial charge in [-0.25, -0.2) is 0 Å². The zero-order valence-electron chi connectivity index (χ0n) is 12.2. The molecule has 1 radical (unpaired) electrons. The first-order valence-corrected chi connectivity index (χ1v) is 7.13. The average Bonchev–Trinajstić information content (AvgIpc) is 2.47. The van der Waals surface area contributed by atoms with Gasteiger partial charge in [-0.2, -0.15) is 0 Å². The quantitative estimate of drug-likeness (QED) is 0.830. The molecule has 0 aliphatic heterocycles. The minimum atomic E-state index is 0.620. The van der Waals surface area contributed by atoms with Crippen molar-refractivity contribution in [2.24, 2.45) is 0 Å². The highest BCUT2D eigenvalue weighted by Gasteiger charge is 2.08. The summed E-state index contributed by atoms with van der Waals surface area (Å²) < 4.78 is 5.74. The van der Waals surface area contributed by atoms with Crippen molar-refractivity contribution in [1.29, 1.82) is 0 Å². The molecule has 5 heteroatoms. The molecule has 0 amide bonds. The second-order valence-electron chi connectivity index (χ2n) is 5.04. The monoisotopic (exact) mass is 302 g/mol. The van der Waals surface area contributed by atoms with E-state index in [1.165, 1.54) is 0 Å². The van der Waals surface area contributed by atoms with Gasteiger partial charge in [-0.05, 0) is 55.0 Å².